The lowest BCUT2D eigenvalue weighted by molar-refractivity contribution is -0.181. The fraction of sp³-hybridized carbons (Fsp3) is 0.393. The number of rotatable bonds is 3. The van der Waals surface area contributed by atoms with Gasteiger partial charge in [0.25, 0.3) is 0 Å². The zero-order valence-corrected chi connectivity index (χ0v) is 21.0. The molecule has 0 aromatic heterocycles. The van der Waals surface area contributed by atoms with E-state index in [1.165, 1.54) is 31.1 Å². The Labute approximate surface area is 217 Å². The highest BCUT2D eigenvalue weighted by molar-refractivity contribution is 6.32. The number of primary amides is 1. The summed E-state index contributed by atoms with van der Waals surface area (Å²) < 4.78 is 13.9. The molecule has 0 heterocycles. The Kier molecular flexibility index (Phi) is 5.88. The number of nitrogens with zero attached hydrogens (tertiary/aromatic N) is 1. The highest BCUT2D eigenvalue weighted by Gasteiger charge is 2.69. The molecular weight excluding hydrogens is 495 g/mol. The quantitative estimate of drug-likeness (QED) is 0.504. The van der Waals surface area contributed by atoms with E-state index in [1.807, 2.05) is 0 Å². The highest BCUT2D eigenvalue weighted by Crippen LogP contribution is 2.51. The molecular formula is C28H27FN2O7. The molecule has 0 radical (unpaired) electrons. The van der Waals surface area contributed by atoms with Crippen molar-refractivity contribution in [3.05, 3.63) is 52.8 Å². The number of carbonyl (C=O) groups is 5. The second-order valence-corrected chi connectivity index (χ2v) is 10.7. The number of phenolic OH excluding ortho intramolecular Hbond substituents is 1. The van der Waals surface area contributed by atoms with Gasteiger partial charge >= 0.3 is 0 Å². The van der Waals surface area contributed by atoms with Crippen molar-refractivity contribution in [3.8, 4) is 16.9 Å². The third-order valence-corrected chi connectivity index (χ3v) is 8.41. The van der Waals surface area contributed by atoms with Crippen molar-refractivity contribution < 1.29 is 38.6 Å². The Morgan fingerprint density at radius 2 is 1.79 bits per heavy atom. The first-order valence-corrected chi connectivity index (χ1v) is 12.3. The van der Waals surface area contributed by atoms with Crippen LogP contribution in [0.15, 0.2) is 30.3 Å². The van der Waals surface area contributed by atoms with Crippen LogP contribution in [0.25, 0.3) is 11.1 Å². The summed E-state index contributed by atoms with van der Waals surface area (Å²) in [5, 5.41) is 22.3. The maximum absolute atomic E-state index is 13.9. The van der Waals surface area contributed by atoms with Crippen LogP contribution in [0.5, 0.6) is 5.75 Å². The maximum atomic E-state index is 13.9. The first kappa shape index (κ1) is 25.9. The molecule has 10 heteroatoms. The lowest BCUT2D eigenvalue weighted by Gasteiger charge is -2.52. The topological polar surface area (TPSA) is 155 Å². The lowest BCUT2D eigenvalue weighted by Crippen LogP contribution is -2.74. The maximum Gasteiger partial charge on any atom is 0.235 e. The second kappa shape index (κ2) is 8.64. The number of amides is 1. The van der Waals surface area contributed by atoms with Gasteiger partial charge in [-0.15, -0.1) is 0 Å². The Hall–Kier alpha value is -3.76. The summed E-state index contributed by atoms with van der Waals surface area (Å²) >= 11 is 0. The van der Waals surface area contributed by atoms with Crippen LogP contribution in [-0.4, -0.2) is 69.9 Å². The Balaban J connectivity index is 1.66. The lowest BCUT2D eigenvalue weighted by atomic mass is 9.52. The SMILES string of the molecule is Cc1cc(-c2ccc(O)c3c2C[C@H]2C[C@H]4[C@H](N(C)C)C(=O)C(C(N)=O)C(=O)[C@@]4(O)C(=O)C2C3=O)ccc1F. The molecule has 4 N–H and O–H groups in total. The number of aliphatic hydroxyl groups is 1. The van der Waals surface area contributed by atoms with Crippen LogP contribution in [0.1, 0.15) is 27.9 Å². The van der Waals surface area contributed by atoms with Gasteiger partial charge < -0.3 is 15.9 Å². The average molecular weight is 523 g/mol. The Morgan fingerprint density at radius 3 is 2.39 bits per heavy atom. The normalized spacial score (nSPS) is 30.6. The summed E-state index contributed by atoms with van der Waals surface area (Å²) in [4.78, 5) is 67.6. The molecule has 2 unspecified atom stereocenters. The van der Waals surface area contributed by atoms with Crippen molar-refractivity contribution >= 4 is 29.0 Å². The van der Waals surface area contributed by atoms with Crippen LogP contribution >= 0.6 is 0 Å². The smallest absolute Gasteiger partial charge is 0.235 e. The molecule has 9 nitrogen and oxygen atoms in total. The van der Waals surface area contributed by atoms with Gasteiger partial charge in [0.2, 0.25) is 5.91 Å². The van der Waals surface area contributed by atoms with Crippen molar-refractivity contribution in [2.75, 3.05) is 14.1 Å². The number of phenols is 1. The van der Waals surface area contributed by atoms with Crippen LogP contribution in [0.2, 0.25) is 0 Å². The monoisotopic (exact) mass is 522 g/mol. The number of hydrogen-bond acceptors (Lipinski definition) is 8. The number of ketones is 4. The first-order valence-electron chi connectivity index (χ1n) is 12.3. The van der Waals surface area contributed by atoms with Gasteiger partial charge in [-0.05, 0) is 80.2 Å². The summed E-state index contributed by atoms with van der Waals surface area (Å²) in [6.45, 7) is 1.60. The summed E-state index contributed by atoms with van der Waals surface area (Å²) in [6, 6.07) is 6.24. The zero-order valence-electron chi connectivity index (χ0n) is 21.0. The van der Waals surface area contributed by atoms with Crippen molar-refractivity contribution in [1.82, 2.24) is 4.90 Å². The largest absolute Gasteiger partial charge is 0.507 e. The van der Waals surface area contributed by atoms with Gasteiger partial charge in [0.1, 0.15) is 11.6 Å². The van der Waals surface area contributed by atoms with Crippen LogP contribution in [0, 0.1) is 36.4 Å². The third kappa shape index (κ3) is 3.40. The van der Waals surface area contributed by atoms with E-state index in [0.29, 0.717) is 22.3 Å². The number of benzene rings is 2. The average Bonchev–Trinajstić information content (AvgIpc) is 2.83. The molecule has 3 aliphatic carbocycles. The number of fused-ring (bicyclic) bond motifs is 3. The van der Waals surface area contributed by atoms with E-state index in [0.717, 1.165) is 0 Å². The predicted octanol–water partition coefficient (Wildman–Crippen LogP) is 0.982. The van der Waals surface area contributed by atoms with Crippen LogP contribution in [-0.2, 0) is 25.6 Å². The fourth-order valence-electron chi connectivity index (χ4n) is 6.69. The molecule has 6 atom stereocenters. The van der Waals surface area contributed by atoms with Gasteiger partial charge in [0, 0.05) is 5.92 Å². The van der Waals surface area contributed by atoms with E-state index in [4.69, 9.17) is 5.73 Å². The van der Waals surface area contributed by atoms with E-state index in [1.54, 1.807) is 25.1 Å². The minimum Gasteiger partial charge on any atom is -0.507 e. The van der Waals surface area contributed by atoms with E-state index in [-0.39, 0.29) is 24.2 Å². The molecule has 0 bridgehead atoms. The standard InChI is InChI=1S/C28H27FN2O7/c1-11-8-12(4-6-17(11)29)14-5-7-18(32)20-15(14)9-13-10-16-22(31(2)3)24(34)21(27(30)37)26(36)28(16,38)25(35)19(13)23(20)33/h4-8,13,16,19,21-22,32,38H,9-10H2,1-3H3,(H2,30,37)/t13-,16-,19?,21?,22-,28-/m0/s1. The van der Waals surface area contributed by atoms with Gasteiger partial charge in [0.05, 0.1) is 17.5 Å². The number of hydrogen-bond donors (Lipinski definition) is 3. The van der Waals surface area contributed by atoms with Crippen LogP contribution < -0.4 is 5.73 Å². The molecule has 3 aliphatic rings. The van der Waals surface area contributed by atoms with Gasteiger partial charge in [-0.2, -0.15) is 0 Å². The summed E-state index contributed by atoms with van der Waals surface area (Å²) in [6.07, 6.45) is 0.0907. The Morgan fingerprint density at radius 1 is 1.11 bits per heavy atom. The highest BCUT2D eigenvalue weighted by atomic mass is 19.1. The molecule has 2 fully saturated rings. The number of halogens is 1. The van der Waals surface area contributed by atoms with Gasteiger partial charge in [-0.1, -0.05) is 12.1 Å². The summed E-state index contributed by atoms with van der Waals surface area (Å²) in [5.74, 6) is -11.4. The Bertz CT molecular complexity index is 1450. The summed E-state index contributed by atoms with van der Waals surface area (Å²) in [5.41, 5.74) is 4.50. The molecule has 38 heavy (non-hydrogen) atoms. The summed E-state index contributed by atoms with van der Waals surface area (Å²) in [7, 11) is 3.06. The molecule has 0 aliphatic heterocycles. The van der Waals surface area contributed by atoms with Crippen LogP contribution in [0.4, 0.5) is 4.39 Å². The number of aryl methyl sites for hydroxylation is 1. The van der Waals surface area contributed by atoms with Crippen molar-refractivity contribution in [2.24, 2.45) is 29.4 Å². The van der Waals surface area contributed by atoms with Gasteiger partial charge in [0.15, 0.2) is 34.7 Å². The molecule has 0 spiro atoms. The van der Waals surface area contributed by atoms with Gasteiger partial charge in [-0.3, -0.25) is 28.9 Å². The number of Topliss-reactive ketones (excluding diaryl/α,β-unsaturated/α-hetero) is 4. The third-order valence-electron chi connectivity index (χ3n) is 8.41. The van der Waals surface area contributed by atoms with Crippen molar-refractivity contribution in [1.29, 1.82) is 0 Å². The molecule has 1 amide bonds. The predicted molar refractivity (Wildman–Crippen MR) is 131 cm³/mol. The number of aromatic hydroxyl groups is 1. The molecule has 2 aromatic carbocycles. The minimum atomic E-state index is -2.77. The first-order chi connectivity index (χ1) is 17.8. The second-order valence-electron chi connectivity index (χ2n) is 10.7. The van der Waals surface area contributed by atoms with E-state index < -0.39 is 70.2 Å². The fourth-order valence-corrected chi connectivity index (χ4v) is 6.69. The molecule has 0 saturated heterocycles. The van der Waals surface area contributed by atoms with Crippen molar-refractivity contribution in [3.63, 3.8) is 0 Å². The molecule has 5 rings (SSSR count). The molecule has 2 aromatic rings. The number of carbonyl (C=O) groups excluding carboxylic acids is 5. The van der Waals surface area contributed by atoms with Crippen LogP contribution in [0.3, 0.4) is 0 Å². The molecule has 198 valence electrons. The van der Waals surface area contributed by atoms with E-state index >= 15 is 0 Å². The number of likely N-dealkylation sites (N-methyl/N-ethyl adjacent to an activating group) is 1. The van der Waals surface area contributed by atoms with E-state index in [9.17, 15) is 38.6 Å². The van der Waals surface area contributed by atoms with E-state index in [2.05, 4.69) is 0 Å². The zero-order chi connectivity index (χ0) is 27.8. The van der Waals surface area contributed by atoms with Crippen molar-refractivity contribution in [2.45, 2.75) is 31.4 Å². The minimum absolute atomic E-state index is 0.0402. The van der Waals surface area contributed by atoms with Gasteiger partial charge in [-0.25, -0.2) is 4.39 Å². The molecule has 2 saturated carbocycles. The number of nitrogens with two attached hydrogens (primary N) is 1.